The molecule has 1 aliphatic heterocycles. The van der Waals surface area contributed by atoms with Crippen LogP contribution < -0.4 is 4.74 Å². The van der Waals surface area contributed by atoms with E-state index in [0.717, 1.165) is 38.2 Å². The molecule has 0 saturated carbocycles. The maximum Gasteiger partial charge on any atom is 0.119 e. The molecule has 0 bridgehead atoms. The molecule has 4 heteroatoms. The molecule has 1 aliphatic rings. The van der Waals surface area contributed by atoms with Crippen molar-refractivity contribution in [2.45, 2.75) is 19.8 Å². The lowest BCUT2D eigenvalue weighted by Gasteiger charge is -2.39. The summed E-state index contributed by atoms with van der Waals surface area (Å²) in [5.41, 5.74) is 0.680. The third kappa shape index (κ3) is 3.96. The Balaban J connectivity index is 1.76. The Morgan fingerprint density at radius 1 is 1.40 bits per heavy atom. The lowest BCUT2D eigenvalue weighted by Crippen LogP contribution is -2.44. The van der Waals surface area contributed by atoms with Gasteiger partial charge in [0, 0.05) is 25.1 Å². The van der Waals surface area contributed by atoms with E-state index >= 15 is 0 Å². The van der Waals surface area contributed by atoms with Crippen LogP contribution in [0.2, 0.25) is 0 Å². The zero-order valence-corrected chi connectivity index (χ0v) is 12.0. The van der Waals surface area contributed by atoms with Gasteiger partial charge < -0.3 is 9.84 Å². The number of piperidine rings is 1. The van der Waals surface area contributed by atoms with E-state index in [1.807, 2.05) is 12.1 Å². The van der Waals surface area contributed by atoms with Crippen LogP contribution in [-0.2, 0) is 0 Å². The summed E-state index contributed by atoms with van der Waals surface area (Å²) in [4.78, 5) is 2.35. The highest BCUT2D eigenvalue weighted by molar-refractivity contribution is 5.34. The number of nitrogens with zero attached hydrogens (tertiary/aromatic N) is 2. The Morgan fingerprint density at radius 2 is 2.15 bits per heavy atom. The second-order valence-electron chi connectivity index (χ2n) is 5.83. The predicted molar refractivity (Wildman–Crippen MR) is 77.5 cm³/mol. The minimum absolute atomic E-state index is 0.0344. The van der Waals surface area contributed by atoms with Crippen molar-refractivity contribution in [3.8, 4) is 11.8 Å². The first-order valence-corrected chi connectivity index (χ1v) is 7.11. The van der Waals surface area contributed by atoms with E-state index in [-0.39, 0.29) is 12.0 Å². The summed E-state index contributed by atoms with van der Waals surface area (Å²) in [6, 6.07) is 9.27. The average molecular weight is 274 g/mol. The quantitative estimate of drug-likeness (QED) is 0.892. The summed E-state index contributed by atoms with van der Waals surface area (Å²) < 4.78 is 5.70. The second kappa shape index (κ2) is 6.74. The highest BCUT2D eigenvalue weighted by Gasteiger charge is 2.29. The molecule has 0 aliphatic carbocycles. The monoisotopic (exact) mass is 274 g/mol. The number of benzene rings is 1. The Labute approximate surface area is 120 Å². The number of aliphatic hydroxyl groups is 1. The molecular weight excluding hydrogens is 252 g/mol. The molecule has 1 unspecified atom stereocenters. The topological polar surface area (TPSA) is 56.5 Å². The molecule has 1 heterocycles. The van der Waals surface area contributed by atoms with Crippen LogP contribution in [-0.4, -0.2) is 42.9 Å². The molecule has 0 radical (unpaired) electrons. The van der Waals surface area contributed by atoms with E-state index in [1.54, 1.807) is 12.1 Å². The van der Waals surface area contributed by atoms with E-state index in [4.69, 9.17) is 10.00 Å². The normalized spacial score (nSPS) is 23.2. The molecule has 1 fully saturated rings. The van der Waals surface area contributed by atoms with Crippen LogP contribution in [0.15, 0.2) is 24.3 Å². The smallest absolute Gasteiger partial charge is 0.119 e. The standard InChI is InChI=1S/C16H22N2O2/c1-16(13-19)7-2-8-18(12-16)9-10-20-15-5-3-14(11-17)4-6-15/h3-6,19H,2,7-10,12-13H2,1H3. The molecule has 1 aromatic rings. The van der Waals surface area contributed by atoms with Crippen LogP contribution in [0.5, 0.6) is 5.75 Å². The van der Waals surface area contributed by atoms with Gasteiger partial charge in [-0.15, -0.1) is 0 Å². The summed E-state index contributed by atoms with van der Waals surface area (Å²) in [6.45, 7) is 5.90. The van der Waals surface area contributed by atoms with Crippen LogP contribution in [0.3, 0.4) is 0 Å². The van der Waals surface area contributed by atoms with Gasteiger partial charge in [0.2, 0.25) is 0 Å². The van der Waals surface area contributed by atoms with Gasteiger partial charge in [-0.2, -0.15) is 5.26 Å². The second-order valence-corrected chi connectivity index (χ2v) is 5.83. The molecular formula is C16H22N2O2. The summed E-state index contributed by atoms with van der Waals surface area (Å²) in [5, 5.41) is 18.2. The third-order valence-corrected chi connectivity index (χ3v) is 3.90. The summed E-state index contributed by atoms with van der Waals surface area (Å²) >= 11 is 0. The highest BCUT2D eigenvalue weighted by atomic mass is 16.5. The van der Waals surface area contributed by atoms with Crippen LogP contribution in [0, 0.1) is 16.7 Å². The molecule has 1 saturated heterocycles. The molecule has 0 amide bonds. The first-order valence-electron chi connectivity index (χ1n) is 7.11. The highest BCUT2D eigenvalue weighted by Crippen LogP contribution is 2.28. The number of aliphatic hydroxyl groups excluding tert-OH is 1. The Hall–Kier alpha value is -1.57. The summed E-state index contributed by atoms with van der Waals surface area (Å²) in [6.07, 6.45) is 2.23. The summed E-state index contributed by atoms with van der Waals surface area (Å²) in [5.74, 6) is 0.797. The lowest BCUT2D eigenvalue weighted by atomic mass is 9.83. The molecule has 1 N–H and O–H groups in total. The number of rotatable bonds is 5. The summed E-state index contributed by atoms with van der Waals surface area (Å²) in [7, 11) is 0. The van der Waals surface area contributed by atoms with Gasteiger partial charge in [0.1, 0.15) is 12.4 Å². The van der Waals surface area contributed by atoms with Crippen LogP contribution in [0.1, 0.15) is 25.3 Å². The maximum absolute atomic E-state index is 9.44. The largest absolute Gasteiger partial charge is 0.492 e. The van der Waals surface area contributed by atoms with E-state index in [9.17, 15) is 5.11 Å². The van der Waals surface area contributed by atoms with E-state index in [2.05, 4.69) is 17.9 Å². The first-order chi connectivity index (χ1) is 9.65. The molecule has 0 aromatic heterocycles. The Morgan fingerprint density at radius 3 is 2.80 bits per heavy atom. The molecule has 1 aromatic carbocycles. The molecule has 0 spiro atoms. The van der Waals surface area contributed by atoms with Gasteiger partial charge in [-0.1, -0.05) is 6.92 Å². The van der Waals surface area contributed by atoms with E-state index in [0.29, 0.717) is 12.2 Å². The molecule has 1 atom stereocenters. The maximum atomic E-state index is 9.44. The predicted octanol–water partition coefficient (Wildman–Crippen LogP) is 2.03. The minimum Gasteiger partial charge on any atom is -0.492 e. The van der Waals surface area contributed by atoms with Crippen LogP contribution in [0.4, 0.5) is 0 Å². The van der Waals surface area contributed by atoms with Crippen molar-refractivity contribution in [3.63, 3.8) is 0 Å². The fourth-order valence-corrected chi connectivity index (χ4v) is 2.67. The van der Waals surface area contributed by atoms with Crippen molar-refractivity contribution in [3.05, 3.63) is 29.8 Å². The number of nitriles is 1. The molecule has 20 heavy (non-hydrogen) atoms. The minimum atomic E-state index is 0.0344. The third-order valence-electron chi connectivity index (χ3n) is 3.90. The van der Waals surface area contributed by atoms with Crippen LogP contribution >= 0.6 is 0 Å². The number of hydrogen-bond donors (Lipinski definition) is 1. The first kappa shape index (κ1) is 14.8. The van der Waals surface area contributed by atoms with E-state index < -0.39 is 0 Å². The van der Waals surface area contributed by atoms with E-state index in [1.165, 1.54) is 0 Å². The van der Waals surface area contributed by atoms with Crippen molar-refractivity contribution in [2.75, 3.05) is 32.8 Å². The Bertz CT molecular complexity index is 466. The number of ether oxygens (including phenoxy) is 1. The van der Waals surface area contributed by atoms with Gasteiger partial charge in [-0.25, -0.2) is 0 Å². The number of likely N-dealkylation sites (tertiary alicyclic amines) is 1. The van der Waals surface area contributed by atoms with Crippen molar-refractivity contribution in [1.29, 1.82) is 5.26 Å². The SMILES string of the molecule is CC1(CO)CCCN(CCOc2ccc(C#N)cc2)C1. The fourth-order valence-electron chi connectivity index (χ4n) is 2.67. The van der Waals surface area contributed by atoms with Crippen molar-refractivity contribution in [2.24, 2.45) is 5.41 Å². The molecule has 2 rings (SSSR count). The van der Waals surface area contributed by atoms with Crippen molar-refractivity contribution < 1.29 is 9.84 Å². The fraction of sp³-hybridized carbons (Fsp3) is 0.562. The molecule has 108 valence electrons. The van der Waals surface area contributed by atoms with Gasteiger partial charge >= 0.3 is 0 Å². The van der Waals surface area contributed by atoms with Gasteiger partial charge in [-0.3, -0.25) is 4.90 Å². The molecule has 4 nitrogen and oxygen atoms in total. The van der Waals surface area contributed by atoms with Gasteiger partial charge in [0.05, 0.1) is 11.6 Å². The average Bonchev–Trinajstić information content (AvgIpc) is 2.48. The zero-order valence-electron chi connectivity index (χ0n) is 12.0. The van der Waals surface area contributed by atoms with Gasteiger partial charge in [-0.05, 0) is 43.7 Å². The van der Waals surface area contributed by atoms with Gasteiger partial charge in [0.15, 0.2) is 0 Å². The zero-order chi connectivity index (χ0) is 14.4. The lowest BCUT2D eigenvalue weighted by molar-refractivity contribution is 0.0406. The van der Waals surface area contributed by atoms with Crippen LogP contribution in [0.25, 0.3) is 0 Å². The van der Waals surface area contributed by atoms with Gasteiger partial charge in [0.25, 0.3) is 0 Å². The number of hydrogen-bond acceptors (Lipinski definition) is 4. The Kier molecular flexibility index (Phi) is 4.99. The van der Waals surface area contributed by atoms with Crippen molar-refractivity contribution >= 4 is 0 Å². The van der Waals surface area contributed by atoms with Crippen molar-refractivity contribution in [1.82, 2.24) is 4.90 Å².